The minimum absolute atomic E-state index is 0.165. The number of benzene rings is 2. The molecule has 7 heteroatoms. The van der Waals surface area contributed by atoms with Gasteiger partial charge >= 0.3 is 5.97 Å². The van der Waals surface area contributed by atoms with E-state index >= 15 is 0 Å². The van der Waals surface area contributed by atoms with Crippen molar-refractivity contribution in [2.24, 2.45) is 0 Å². The van der Waals surface area contributed by atoms with Crippen LogP contribution in [-0.4, -0.2) is 37.3 Å². The lowest BCUT2D eigenvalue weighted by molar-refractivity contribution is -0.116. The third-order valence-electron chi connectivity index (χ3n) is 5.18. The van der Waals surface area contributed by atoms with Crippen LogP contribution in [0.4, 0.5) is 5.69 Å². The highest BCUT2D eigenvalue weighted by Crippen LogP contribution is 2.38. The summed E-state index contributed by atoms with van der Waals surface area (Å²) in [7, 11) is 3.14. The van der Waals surface area contributed by atoms with Crippen molar-refractivity contribution in [3.8, 4) is 22.6 Å². The molecule has 0 spiro atoms. The summed E-state index contributed by atoms with van der Waals surface area (Å²) in [6, 6.07) is 15.3. The minimum atomic E-state index is -0.494. The summed E-state index contributed by atoms with van der Waals surface area (Å²) in [5, 5.41) is 2.96. The van der Waals surface area contributed by atoms with Crippen LogP contribution in [0.2, 0.25) is 0 Å². The number of carbonyl (C=O) groups is 2. The molecule has 3 rings (SSSR count). The van der Waals surface area contributed by atoms with E-state index in [-0.39, 0.29) is 12.5 Å². The molecule has 2 aromatic carbocycles. The SMILES string of the molecule is CCCC(=O)Nc1c(-c2ccc(OC)c(OC)c2)cn(Cc2ccccc2)c1C(=O)OCC. The molecular formula is C26H30N2O5. The Kier molecular flexibility index (Phi) is 8.13. The Morgan fingerprint density at radius 3 is 2.33 bits per heavy atom. The molecule has 0 unspecified atom stereocenters. The maximum atomic E-state index is 13.0. The first kappa shape index (κ1) is 23.9. The number of nitrogens with zero attached hydrogens (tertiary/aromatic N) is 1. The molecule has 1 N–H and O–H groups in total. The zero-order valence-electron chi connectivity index (χ0n) is 19.5. The molecule has 0 radical (unpaired) electrons. The molecule has 0 aliphatic heterocycles. The number of amides is 1. The molecular weight excluding hydrogens is 420 g/mol. The fourth-order valence-electron chi connectivity index (χ4n) is 3.66. The van der Waals surface area contributed by atoms with Gasteiger partial charge in [-0.3, -0.25) is 4.79 Å². The number of methoxy groups -OCH3 is 2. The van der Waals surface area contributed by atoms with E-state index in [1.54, 1.807) is 27.2 Å². The van der Waals surface area contributed by atoms with Crippen molar-refractivity contribution >= 4 is 17.6 Å². The Balaban J connectivity index is 2.20. The second kappa shape index (κ2) is 11.2. The van der Waals surface area contributed by atoms with Crippen molar-refractivity contribution in [3.63, 3.8) is 0 Å². The Morgan fingerprint density at radius 1 is 0.970 bits per heavy atom. The molecule has 0 atom stereocenters. The second-order valence-corrected chi connectivity index (χ2v) is 7.47. The lowest BCUT2D eigenvalue weighted by atomic mass is 10.1. The van der Waals surface area contributed by atoms with Crippen molar-refractivity contribution in [3.05, 3.63) is 66.0 Å². The Labute approximate surface area is 194 Å². The van der Waals surface area contributed by atoms with Crippen LogP contribution < -0.4 is 14.8 Å². The van der Waals surface area contributed by atoms with E-state index in [4.69, 9.17) is 14.2 Å². The molecule has 0 fully saturated rings. The van der Waals surface area contributed by atoms with E-state index in [2.05, 4.69) is 5.32 Å². The molecule has 0 aliphatic rings. The number of anilines is 1. The summed E-state index contributed by atoms with van der Waals surface area (Å²) >= 11 is 0. The van der Waals surface area contributed by atoms with Gasteiger partial charge in [-0.2, -0.15) is 0 Å². The maximum absolute atomic E-state index is 13.0. The van der Waals surface area contributed by atoms with E-state index in [9.17, 15) is 9.59 Å². The number of rotatable bonds is 10. The van der Waals surface area contributed by atoms with Crippen LogP contribution in [0.3, 0.4) is 0 Å². The van der Waals surface area contributed by atoms with Gasteiger partial charge in [0.2, 0.25) is 5.91 Å². The topological polar surface area (TPSA) is 78.8 Å². The van der Waals surface area contributed by atoms with Crippen LogP contribution in [0.15, 0.2) is 54.7 Å². The normalized spacial score (nSPS) is 10.5. The molecule has 1 aromatic heterocycles. The summed E-state index contributed by atoms with van der Waals surface area (Å²) in [5.74, 6) is 0.482. The first-order valence-electron chi connectivity index (χ1n) is 11.0. The fourth-order valence-corrected chi connectivity index (χ4v) is 3.66. The first-order valence-corrected chi connectivity index (χ1v) is 11.0. The quantitative estimate of drug-likeness (QED) is 0.433. The molecule has 33 heavy (non-hydrogen) atoms. The molecule has 0 saturated carbocycles. The summed E-state index contributed by atoms with van der Waals surface area (Å²) in [6.45, 7) is 4.36. The molecule has 7 nitrogen and oxygen atoms in total. The standard InChI is InChI=1S/C26H30N2O5/c1-5-10-23(29)27-24-20(19-13-14-21(31-3)22(15-19)32-4)17-28(25(24)26(30)33-6-2)16-18-11-8-7-9-12-18/h7-9,11-15,17H,5-6,10,16H2,1-4H3,(H,27,29). The molecule has 1 heterocycles. The average molecular weight is 451 g/mol. The summed E-state index contributed by atoms with van der Waals surface area (Å²) in [5.41, 5.74) is 3.21. The van der Waals surface area contributed by atoms with E-state index in [1.165, 1.54) is 0 Å². The van der Waals surface area contributed by atoms with Gasteiger partial charge < -0.3 is 24.1 Å². The molecule has 3 aromatic rings. The van der Waals surface area contributed by atoms with E-state index in [1.807, 2.05) is 60.2 Å². The lowest BCUT2D eigenvalue weighted by Gasteiger charge is -2.13. The van der Waals surface area contributed by atoms with Crippen molar-refractivity contribution in [1.82, 2.24) is 4.57 Å². The van der Waals surface area contributed by atoms with Crippen molar-refractivity contribution in [2.75, 3.05) is 26.1 Å². The van der Waals surface area contributed by atoms with Crippen LogP contribution >= 0.6 is 0 Å². The number of hydrogen-bond acceptors (Lipinski definition) is 5. The third kappa shape index (κ3) is 5.55. The van der Waals surface area contributed by atoms with Crippen molar-refractivity contribution in [1.29, 1.82) is 0 Å². The average Bonchev–Trinajstić information content (AvgIpc) is 3.16. The number of aromatic nitrogens is 1. The highest BCUT2D eigenvalue weighted by atomic mass is 16.5. The third-order valence-corrected chi connectivity index (χ3v) is 5.18. The van der Waals surface area contributed by atoms with Crippen molar-refractivity contribution in [2.45, 2.75) is 33.2 Å². The van der Waals surface area contributed by atoms with E-state index < -0.39 is 5.97 Å². The second-order valence-electron chi connectivity index (χ2n) is 7.47. The zero-order chi connectivity index (χ0) is 23.8. The van der Waals surface area contributed by atoms with E-state index in [0.29, 0.717) is 47.8 Å². The molecule has 0 saturated heterocycles. The van der Waals surface area contributed by atoms with Crippen LogP contribution in [0.1, 0.15) is 42.7 Å². The van der Waals surface area contributed by atoms with Gasteiger partial charge in [-0.05, 0) is 36.6 Å². The number of hydrogen-bond donors (Lipinski definition) is 1. The maximum Gasteiger partial charge on any atom is 0.357 e. The number of esters is 1. The predicted molar refractivity (Wildman–Crippen MR) is 128 cm³/mol. The van der Waals surface area contributed by atoms with Crippen molar-refractivity contribution < 1.29 is 23.8 Å². The highest BCUT2D eigenvalue weighted by molar-refractivity contribution is 6.05. The van der Waals surface area contributed by atoms with Gasteiger partial charge in [0.15, 0.2) is 17.2 Å². The summed E-state index contributed by atoms with van der Waals surface area (Å²) < 4.78 is 18.0. The van der Waals surface area contributed by atoms with E-state index in [0.717, 1.165) is 11.1 Å². The van der Waals surface area contributed by atoms with Crippen LogP contribution in [0, 0.1) is 0 Å². The smallest absolute Gasteiger partial charge is 0.357 e. The number of nitrogens with one attached hydrogen (secondary N) is 1. The zero-order valence-corrected chi connectivity index (χ0v) is 19.5. The Hall–Kier alpha value is -3.74. The minimum Gasteiger partial charge on any atom is -0.493 e. The Morgan fingerprint density at radius 2 is 1.70 bits per heavy atom. The molecule has 174 valence electrons. The fraction of sp³-hybridized carbons (Fsp3) is 0.308. The largest absolute Gasteiger partial charge is 0.493 e. The van der Waals surface area contributed by atoms with Gasteiger partial charge in [-0.25, -0.2) is 4.79 Å². The van der Waals surface area contributed by atoms with Gasteiger partial charge in [-0.1, -0.05) is 43.3 Å². The monoisotopic (exact) mass is 450 g/mol. The molecule has 0 aliphatic carbocycles. The van der Waals surface area contributed by atoms with Crippen LogP contribution in [0.25, 0.3) is 11.1 Å². The van der Waals surface area contributed by atoms with Gasteiger partial charge in [-0.15, -0.1) is 0 Å². The van der Waals surface area contributed by atoms with Gasteiger partial charge in [0.05, 0.1) is 26.5 Å². The summed E-state index contributed by atoms with van der Waals surface area (Å²) in [4.78, 5) is 25.6. The van der Waals surface area contributed by atoms with Crippen LogP contribution in [-0.2, 0) is 16.1 Å². The molecule has 1 amide bonds. The van der Waals surface area contributed by atoms with Gasteiger partial charge in [0, 0.05) is 24.7 Å². The number of ether oxygens (including phenoxy) is 3. The molecule has 0 bridgehead atoms. The Bertz CT molecular complexity index is 1110. The first-order chi connectivity index (χ1) is 16.0. The highest BCUT2D eigenvalue weighted by Gasteiger charge is 2.26. The predicted octanol–water partition coefficient (Wildman–Crippen LogP) is 5.14. The van der Waals surface area contributed by atoms with Crippen LogP contribution in [0.5, 0.6) is 11.5 Å². The summed E-state index contributed by atoms with van der Waals surface area (Å²) in [6.07, 6.45) is 2.90. The lowest BCUT2D eigenvalue weighted by Crippen LogP contribution is -2.18. The van der Waals surface area contributed by atoms with Gasteiger partial charge in [0.1, 0.15) is 0 Å². The number of carbonyl (C=O) groups excluding carboxylic acids is 2. The van der Waals surface area contributed by atoms with Gasteiger partial charge in [0.25, 0.3) is 0 Å².